The van der Waals surface area contributed by atoms with Gasteiger partial charge in [-0.2, -0.15) is 0 Å². The molecule has 1 heterocycles. The Balaban J connectivity index is 1.81. The molecule has 0 fully saturated rings. The predicted molar refractivity (Wildman–Crippen MR) is 118 cm³/mol. The zero-order valence-corrected chi connectivity index (χ0v) is 17.4. The number of carbonyl (C=O) groups is 2. The van der Waals surface area contributed by atoms with Crippen LogP contribution in [-0.4, -0.2) is 16.3 Å². The number of benzene rings is 3. The molecule has 152 valence electrons. The molecule has 0 unspecified atom stereocenters. The lowest BCUT2D eigenvalue weighted by Crippen LogP contribution is -2.17. The van der Waals surface area contributed by atoms with Crippen LogP contribution in [0, 0.1) is 6.92 Å². The van der Waals surface area contributed by atoms with Crippen molar-refractivity contribution in [1.29, 1.82) is 0 Å². The van der Waals surface area contributed by atoms with Crippen LogP contribution >= 0.6 is 0 Å². The first-order valence-corrected chi connectivity index (χ1v) is 10.0. The number of carbonyl (C=O) groups excluding carboxylic acids is 2. The normalized spacial score (nSPS) is 11.2. The van der Waals surface area contributed by atoms with Gasteiger partial charge in [-0.25, -0.2) is 0 Å². The van der Waals surface area contributed by atoms with Crippen molar-refractivity contribution in [2.75, 3.05) is 0 Å². The molecule has 4 rings (SSSR count). The van der Waals surface area contributed by atoms with E-state index in [-0.39, 0.29) is 11.8 Å². The number of rotatable bonds is 6. The van der Waals surface area contributed by atoms with Gasteiger partial charge in [0.1, 0.15) is 0 Å². The van der Waals surface area contributed by atoms with E-state index in [4.69, 9.17) is 4.84 Å². The van der Waals surface area contributed by atoms with Crippen molar-refractivity contribution >= 4 is 33.6 Å². The third-order valence-corrected chi connectivity index (χ3v) is 5.39. The van der Waals surface area contributed by atoms with Gasteiger partial charge in [0.25, 0.3) is 0 Å². The highest BCUT2D eigenvalue weighted by Crippen LogP contribution is 2.31. The lowest BCUT2D eigenvalue weighted by atomic mass is 9.97. The van der Waals surface area contributed by atoms with Crippen molar-refractivity contribution < 1.29 is 14.4 Å². The molecule has 5 nitrogen and oxygen atoms in total. The Morgan fingerprint density at radius 2 is 1.67 bits per heavy atom. The molecule has 4 aromatic rings. The van der Waals surface area contributed by atoms with Crippen LogP contribution in [0.5, 0.6) is 0 Å². The number of aryl methyl sites for hydroxylation is 2. The number of nitrogens with zero attached hydrogens (tertiary/aromatic N) is 1. The largest absolute Gasteiger partial charge is 0.371 e. The molecule has 0 radical (unpaired) electrons. The maximum absolute atomic E-state index is 13.1. The van der Waals surface area contributed by atoms with Gasteiger partial charge in [0.05, 0.1) is 6.54 Å². The number of nitrogens with one attached hydrogen (secondary N) is 1. The molecule has 0 bridgehead atoms. The third kappa shape index (κ3) is 3.60. The number of fused-ring (bicyclic) bond motifs is 3. The van der Waals surface area contributed by atoms with E-state index in [1.54, 1.807) is 0 Å². The first kappa shape index (κ1) is 19.9. The summed E-state index contributed by atoms with van der Waals surface area (Å²) in [6.45, 7) is 6.67. The van der Waals surface area contributed by atoms with Crippen LogP contribution in [0.1, 0.15) is 40.9 Å². The number of hydrogen-bond donors (Lipinski definition) is 1. The van der Waals surface area contributed by atoms with E-state index >= 15 is 0 Å². The average molecular weight is 400 g/mol. The summed E-state index contributed by atoms with van der Waals surface area (Å²) in [4.78, 5) is 29.0. The highest BCUT2D eigenvalue weighted by atomic mass is 16.7. The quantitative estimate of drug-likeness (QED) is 0.369. The smallest absolute Gasteiger partial charge is 0.321 e. The summed E-state index contributed by atoms with van der Waals surface area (Å²) < 4.78 is 2.25. The summed E-state index contributed by atoms with van der Waals surface area (Å²) in [5, 5.41) is 2.12. The Hall–Kier alpha value is -3.44. The van der Waals surface area contributed by atoms with Crippen molar-refractivity contribution in [2.45, 2.75) is 33.9 Å². The van der Waals surface area contributed by atoms with E-state index in [0.717, 1.165) is 45.0 Å². The van der Waals surface area contributed by atoms with Gasteiger partial charge in [-0.1, -0.05) is 30.3 Å². The maximum atomic E-state index is 13.1. The number of hydroxylamine groups is 1. The fraction of sp³-hybridized carbons (Fsp3) is 0.200. The molecule has 1 N–H and O–H groups in total. The van der Waals surface area contributed by atoms with E-state index in [1.165, 1.54) is 6.92 Å². The lowest BCUT2D eigenvalue weighted by Gasteiger charge is -2.06. The SMILES string of the molecule is CCn1c2ccc(CNOC(C)=O)cc2c2cc(C(=O)c3ccccc3C)ccc21. The Morgan fingerprint density at radius 3 is 2.37 bits per heavy atom. The number of ketones is 1. The number of hydrogen-bond acceptors (Lipinski definition) is 4. The van der Waals surface area contributed by atoms with Crippen molar-refractivity contribution in [3.8, 4) is 0 Å². The summed E-state index contributed by atoms with van der Waals surface area (Å²) in [5.74, 6) is -0.349. The minimum absolute atomic E-state index is 0.0278. The monoisotopic (exact) mass is 400 g/mol. The summed E-state index contributed by atoms with van der Waals surface area (Å²) in [6.07, 6.45) is 0. The standard InChI is InChI=1S/C25H24N2O3/c1-4-27-23-11-9-18(15-26-30-17(3)28)13-21(23)22-14-19(10-12-24(22)27)25(29)20-8-6-5-7-16(20)2/h5-14,26H,4,15H2,1-3H3. The molecule has 0 spiro atoms. The van der Waals surface area contributed by atoms with Gasteiger partial charge in [-0.3, -0.25) is 9.59 Å². The van der Waals surface area contributed by atoms with Crippen LogP contribution in [0.3, 0.4) is 0 Å². The van der Waals surface area contributed by atoms with Crippen LogP contribution in [0.4, 0.5) is 0 Å². The van der Waals surface area contributed by atoms with Gasteiger partial charge in [0, 0.05) is 46.4 Å². The molecule has 3 aromatic carbocycles. The second kappa shape index (κ2) is 8.13. The highest BCUT2D eigenvalue weighted by molar-refractivity contribution is 6.15. The van der Waals surface area contributed by atoms with E-state index in [2.05, 4.69) is 29.1 Å². The molecule has 0 aliphatic rings. The molecule has 0 aliphatic heterocycles. The molecule has 0 atom stereocenters. The van der Waals surface area contributed by atoms with E-state index in [0.29, 0.717) is 12.1 Å². The molecule has 5 heteroatoms. The predicted octanol–water partition coefficient (Wildman–Crippen LogP) is 4.92. The van der Waals surface area contributed by atoms with Crippen LogP contribution in [0.2, 0.25) is 0 Å². The summed E-state index contributed by atoms with van der Waals surface area (Å²) in [5.41, 5.74) is 8.26. The summed E-state index contributed by atoms with van der Waals surface area (Å²) in [7, 11) is 0. The van der Waals surface area contributed by atoms with Gasteiger partial charge in [0.15, 0.2) is 5.78 Å². The molecule has 0 amide bonds. The van der Waals surface area contributed by atoms with Crippen LogP contribution in [0.25, 0.3) is 21.8 Å². The Labute approximate surface area is 175 Å². The van der Waals surface area contributed by atoms with E-state index in [9.17, 15) is 9.59 Å². The van der Waals surface area contributed by atoms with Crippen molar-refractivity contribution in [2.24, 2.45) is 0 Å². The van der Waals surface area contributed by atoms with Gasteiger partial charge < -0.3 is 9.40 Å². The van der Waals surface area contributed by atoms with Crippen molar-refractivity contribution in [1.82, 2.24) is 10.0 Å². The molecular formula is C25H24N2O3. The molecule has 1 aromatic heterocycles. The maximum Gasteiger partial charge on any atom is 0.321 e. The summed E-state index contributed by atoms with van der Waals surface area (Å²) in [6, 6.07) is 19.8. The van der Waals surface area contributed by atoms with Gasteiger partial charge in [-0.15, -0.1) is 5.48 Å². The average Bonchev–Trinajstić information content (AvgIpc) is 3.05. The van der Waals surface area contributed by atoms with Crippen LogP contribution < -0.4 is 5.48 Å². The lowest BCUT2D eigenvalue weighted by molar-refractivity contribution is -0.148. The minimum atomic E-state index is -0.377. The molecule has 0 saturated carbocycles. The van der Waals surface area contributed by atoms with Crippen LogP contribution in [-0.2, 0) is 22.7 Å². The zero-order chi connectivity index (χ0) is 21.3. The highest BCUT2D eigenvalue weighted by Gasteiger charge is 2.16. The molecule has 0 saturated heterocycles. The van der Waals surface area contributed by atoms with Gasteiger partial charge >= 0.3 is 5.97 Å². The minimum Gasteiger partial charge on any atom is -0.371 e. The first-order chi connectivity index (χ1) is 14.5. The second-order valence-electron chi connectivity index (χ2n) is 7.39. The van der Waals surface area contributed by atoms with Crippen molar-refractivity contribution in [3.05, 3.63) is 82.9 Å². The topological polar surface area (TPSA) is 60.3 Å². The Morgan fingerprint density at radius 1 is 0.967 bits per heavy atom. The van der Waals surface area contributed by atoms with Crippen LogP contribution in [0.15, 0.2) is 60.7 Å². The second-order valence-corrected chi connectivity index (χ2v) is 7.39. The molecule has 30 heavy (non-hydrogen) atoms. The summed E-state index contributed by atoms with van der Waals surface area (Å²) >= 11 is 0. The molecule has 0 aliphatic carbocycles. The van der Waals surface area contributed by atoms with Gasteiger partial charge in [0.2, 0.25) is 0 Å². The first-order valence-electron chi connectivity index (χ1n) is 10.0. The zero-order valence-electron chi connectivity index (χ0n) is 17.4. The van der Waals surface area contributed by atoms with E-state index in [1.807, 2.05) is 55.5 Å². The number of aromatic nitrogens is 1. The van der Waals surface area contributed by atoms with Gasteiger partial charge in [-0.05, 0) is 55.3 Å². The fourth-order valence-corrected chi connectivity index (χ4v) is 3.95. The fourth-order valence-electron chi connectivity index (χ4n) is 3.95. The Bertz CT molecular complexity index is 1270. The van der Waals surface area contributed by atoms with Crippen molar-refractivity contribution in [3.63, 3.8) is 0 Å². The third-order valence-electron chi connectivity index (χ3n) is 5.39. The molecular weight excluding hydrogens is 376 g/mol. The Kier molecular flexibility index (Phi) is 5.38. The van der Waals surface area contributed by atoms with E-state index < -0.39 is 0 Å².